The van der Waals surface area contributed by atoms with E-state index in [1.807, 2.05) is 12.3 Å². The van der Waals surface area contributed by atoms with E-state index >= 15 is 0 Å². The van der Waals surface area contributed by atoms with Gasteiger partial charge in [-0.2, -0.15) is 0 Å². The molecule has 2 aromatic rings. The van der Waals surface area contributed by atoms with Gasteiger partial charge in [-0.15, -0.1) is 0 Å². The molecule has 1 amide bonds. The topological polar surface area (TPSA) is 46.9 Å². The fraction of sp³-hybridized carbons (Fsp3) is 0.412. The number of carbonyl (C=O) groups is 1. The molecule has 0 radical (unpaired) electrons. The standard InChI is InChI=1S/C17H18FN3O/c18-12-3-1-2-11(8-12)14-9-15(14)17(22)20-13-4-5-16-19-6-7-21(16)10-13/h1-3,6-8,13-15H,4-5,9-10H2,(H,20,22)/t13-,14-,15+/m1/s1. The molecule has 0 spiro atoms. The largest absolute Gasteiger partial charge is 0.351 e. The first-order valence-electron chi connectivity index (χ1n) is 7.76. The predicted molar refractivity (Wildman–Crippen MR) is 79.7 cm³/mol. The summed E-state index contributed by atoms with van der Waals surface area (Å²) >= 11 is 0. The van der Waals surface area contributed by atoms with Crippen molar-refractivity contribution >= 4 is 5.91 Å². The number of carbonyl (C=O) groups excluding carboxylic acids is 1. The van der Waals surface area contributed by atoms with Crippen molar-refractivity contribution in [2.75, 3.05) is 0 Å². The van der Waals surface area contributed by atoms with Gasteiger partial charge >= 0.3 is 0 Å². The highest BCUT2D eigenvalue weighted by Gasteiger charge is 2.44. The predicted octanol–water partition coefficient (Wildman–Crippen LogP) is 2.26. The van der Waals surface area contributed by atoms with Crippen molar-refractivity contribution in [2.45, 2.75) is 37.8 Å². The van der Waals surface area contributed by atoms with Crippen LogP contribution >= 0.6 is 0 Å². The summed E-state index contributed by atoms with van der Waals surface area (Å²) in [4.78, 5) is 16.7. The molecule has 1 N–H and O–H groups in total. The van der Waals surface area contributed by atoms with Crippen LogP contribution in [0.15, 0.2) is 36.7 Å². The minimum atomic E-state index is -0.233. The molecular formula is C17H18FN3O. The summed E-state index contributed by atoms with van der Waals surface area (Å²) in [6.07, 6.45) is 6.41. The highest BCUT2D eigenvalue weighted by Crippen LogP contribution is 2.47. The Morgan fingerprint density at radius 2 is 2.32 bits per heavy atom. The lowest BCUT2D eigenvalue weighted by Crippen LogP contribution is -2.41. The van der Waals surface area contributed by atoms with Gasteiger partial charge in [0.1, 0.15) is 11.6 Å². The normalized spacial score (nSPS) is 26.3. The third-order valence-corrected chi connectivity index (χ3v) is 4.69. The molecule has 2 heterocycles. The maximum atomic E-state index is 13.3. The van der Waals surface area contributed by atoms with Gasteiger partial charge in [0.2, 0.25) is 5.91 Å². The number of imidazole rings is 1. The van der Waals surface area contributed by atoms with Crippen LogP contribution in [0.2, 0.25) is 0 Å². The van der Waals surface area contributed by atoms with E-state index in [0.717, 1.165) is 37.2 Å². The summed E-state index contributed by atoms with van der Waals surface area (Å²) in [6, 6.07) is 6.75. The third-order valence-electron chi connectivity index (χ3n) is 4.69. The Hall–Kier alpha value is -2.17. The van der Waals surface area contributed by atoms with Crippen LogP contribution < -0.4 is 5.32 Å². The number of amides is 1. The molecule has 4 rings (SSSR count). The number of hydrogen-bond donors (Lipinski definition) is 1. The van der Waals surface area contributed by atoms with E-state index in [9.17, 15) is 9.18 Å². The fourth-order valence-corrected chi connectivity index (χ4v) is 3.38. The zero-order valence-electron chi connectivity index (χ0n) is 12.2. The summed E-state index contributed by atoms with van der Waals surface area (Å²) in [6.45, 7) is 0.790. The second kappa shape index (κ2) is 5.23. The number of nitrogens with one attached hydrogen (secondary N) is 1. The van der Waals surface area contributed by atoms with Crippen LogP contribution in [0.1, 0.15) is 30.1 Å². The first-order valence-corrected chi connectivity index (χ1v) is 7.76. The van der Waals surface area contributed by atoms with E-state index in [4.69, 9.17) is 0 Å². The molecule has 5 heteroatoms. The van der Waals surface area contributed by atoms with Crippen LogP contribution in [0.4, 0.5) is 4.39 Å². The number of fused-ring (bicyclic) bond motifs is 1. The SMILES string of the molecule is O=C(N[C@@H]1CCc2nccn2C1)[C@H]1C[C@@H]1c1cccc(F)c1. The number of aryl methyl sites for hydroxylation is 1. The Morgan fingerprint density at radius 1 is 1.41 bits per heavy atom. The number of benzene rings is 1. The van der Waals surface area contributed by atoms with Crippen molar-refractivity contribution in [3.8, 4) is 0 Å². The van der Waals surface area contributed by atoms with Crippen LogP contribution in [-0.2, 0) is 17.8 Å². The Labute approximate surface area is 128 Å². The lowest BCUT2D eigenvalue weighted by atomic mass is 10.1. The average molecular weight is 299 g/mol. The van der Waals surface area contributed by atoms with Gasteiger partial charge < -0.3 is 9.88 Å². The van der Waals surface area contributed by atoms with Crippen LogP contribution in [0.5, 0.6) is 0 Å². The number of nitrogens with zero attached hydrogens (tertiary/aromatic N) is 2. The van der Waals surface area contributed by atoms with E-state index in [-0.39, 0.29) is 29.6 Å². The van der Waals surface area contributed by atoms with Crippen molar-refractivity contribution in [2.24, 2.45) is 5.92 Å². The van der Waals surface area contributed by atoms with E-state index in [2.05, 4.69) is 14.9 Å². The molecular weight excluding hydrogens is 281 g/mol. The quantitative estimate of drug-likeness (QED) is 0.945. The minimum Gasteiger partial charge on any atom is -0.351 e. The zero-order valence-corrected chi connectivity index (χ0v) is 12.2. The van der Waals surface area contributed by atoms with Gasteiger partial charge in [0.15, 0.2) is 0 Å². The molecule has 0 unspecified atom stereocenters. The van der Waals surface area contributed by atoms with Crippen LogP contribution in [0.25, 0.3) is 0 Å². The number of rotatable bonds is 3. The van der Waals surface area contributed by atoms with Gasteiger partial charge in [-0.25, -0.2) is 9.37 Å². The molecule has 4 nitrogen and oxygen atoms in total. The van der Waals surface area contributed by atoms with Crippen molar-refractivity contribution in [3.63, 3.8) is 0 Å². The molecule has 2 aliphatic rings. The Balaban J connectivity index is 1.36. The molecule has 1 aliphatic heterocycles. The first kappa shape index (κ1) is 13.5. The Kier molecular flexibility index (Phi) is 3.21. The van der Waals surface area contributed by atoms with Gasteiger partial charge in [0.05, 0.1) is 0 Å². The van der Waals surface area contributed by atoms with E-state index < -0.39 is 0 Å². The van der Waals surface area contributed by atoms with E-state index in [1.165, 1.54) is 12.1 Å². The highest BCUT2D eigenvalue weighted by atomic mass is 19.1. The Bertz CT molecular complexity index is 711. The molecule has 1 aliphatic carbocycles. The van der Waals surface area contributed by atoms with Crippen molar-refractivity contribution in [1.29, 1.82) is 0 Å². The zero-order chi connectivity index (χ0) is 15.1. The van der Waals surface area contributed by atoms with E-state index in [0.29, 0.717) is 0 Å². The van der Waals surface area contributed by atoms with Crippen molar-refractivity contribution in [3.05, 3.63) is 53.9 Å². The molecule has 0 saturated heterocycles. The smallest absolute Gasteiger partial charge is 0.224 e. The summed E-state index contributed by atoms with van der Waals surface area (Å²) in [5, 5.41) is 3.14. The second-order valence-electron chi connectivity index (χ2n) is 6.24. The van der Waals surface area contributed by atoms with Gasteiger partial charge in [-0.05, 0) is 36.5 Å². The summed E-state index contributed by atoms with van der Waals surface area (Å²) in [5.74, 6) is 1.12. The first-order chi connectivity index (χ1) is 10.7. The minimum absolute atomic E-state index is 0.00835. The van der Waals surface area contributed by atoms with E-state index in [1.54, 1.807) is 12.3 Å². The molecule has 0 bridgehead atoms. The summed E-state index contributed by atoms with van der Waals surface area (Å²) < 4.78 is 15.4. The lowest BCUT2D eigenvalue weighted by Gasteiger charge is -2.24. The molecule has 1 saturated carbocycles. The summed E-state index contributed by atoms with van der Waals surface area (Å²) in [5.41, 5.74) is 0.931. The van der Waals surface area contributed by atoms with Crippen molar-refractivity contribution < 1.29 is 9.18 Å². The second-order valence-corrected chi connectivity index (χ2v) is 6.24. The molecule has 22 heavy (non-hydrogen) atoms. The average Bonchev–Trinajstić information content (AvgIpc) is 3.18. The van der Waals surface area contributed by atoms with Crippen LogP contribution in [0, 0.1) is 11.7 Å². The molecule has 1 fully saturated rings. The lowest BCUT2D eigenvalue weighted by molar-refractivity contribution is -0.123. The van der Waals surface area contributed by atoms with Gasteiger partial charge in [0, 0.05) is 37.3 Å². The van der Waals surface area contributed by atoms with Crippen LogP contribution in [0.3, 0.4) is 0 Å². The molecule has 3 atom stereocenters. The Morgan fingerprint density at radius 3 is 3.18 bits per heavy atom. The maximum absolute atomic E-state index is 13.3. The summed E-state index contributed by atoms with van der Waals surface area (Å²) in [7, 11) is 0. The van der Waals surface area contributed by atoms with Crippen LogP contribution in [-0.4, -0.2) is 21.5 Å². The molecule has 114 valence electrons. The monoisotopic (exact) mass is 299 g/mol. The number of hydrogen-bond acceptors (Lipinski definition) is 2. The number of halogens is 1. The number of aromatic nitrogens is 2. The van der Waals surface area contributed by atoms with Gasteiger partial charge in [-0.3, -0.25) is 4.79 Å². The molecule has 1 aromatic heterocycles. The molecule has 1 aromatic carbocycles. The third kappa shape index (κ3) is 2.51. The van der Waals surface area contributed by atoms with Gasteiger partial charge in [0.25, 0.3) is 0 Å². The fourth-order valence-electron chi connectivity index (χ4n) is 3.38. The van der Waals surface area contributed by atoms with Gasteiger partial charge in [-0.1, -0.05) is 12.1 Å². The maximum Gasteiger partial charge on any atom is 0.224 e. The highest BCUT2D eigenvalue weighted by molar-refractivity contribution is 5.83. The van der Waals surface area contributed by atoms with Crippen molar-refractivity contribution in [1.82, 2.24) is 14.9 Å².